The summed E-state index contributed by atoms with van der Waals surface area (Å²) in [6.07, 6.45) is 4.00. The molecular formula is C14H22N2O4. The third-order valence-corrected chi connectivity index (χ3v) is 4.01. The number of carbonyl (C=O) groups is 3. The Hall–Kier alpha value is -1.59. The topological polar surface area (TPSA) is 77.9 Å². The molecule has 1 aliphatic carbocycles. The Morgan fingerprint density at radius 1 is 1.25 bits per heavy atom. The van der Waals surface area contributed by atoms with Crippen molar-refractivity contribution in [2.75, 3.05) is 20.1 Å². The van der Waals surface area contributed by atoms with Gasteiger partial charge in [-0.15, -0.1) is 0 Å². The van der Waals surface area contributed by atoms with E-state index in [-0.39, 0.29) is 30.2 Å². The second kappa shape index (κ2) is 6.24. The number of carboxylic acid groups (broad SMARTS) is 1. The molecule has 6 heteroatoms. The van der Waals surface area contributed by atoms with Crippen LogP contribution in [-0.2, 0) is 14.4 Å². The summed E-state index contributed by atoms with van der Waals surface area (Å²) >= 11 is 0. The normalized spacial score (nSPS) is 21.9. The minimum absolute atomic E-state index is 0.0538. The molecule has 0 bridgehead atoms. The number of hydrogen-bond donors (Lipinski definition) is 1. The van der Waals surface area contributed by atoms with Crippen molar-refractivity contribution in [1.29, 1.82) is 0 Å². The highest BCUT2D eigenvalue weighted by Crippen LogP contribution is 2.33. The van der Waals surface area contributed by atoms with Crippen LogP contribution in [0.5, 0.6) is 0 Å². The minimum Gasteiger partial charge on any atom is -0.481 e. The number of aliphatic carboxylic acids is 1. The van der Waals surface area contributed by atoms with Crippen molar-refractivity contribution in [2.24, 2.45) is 5.92 Å². The fourth-order valence-corrected chi connectivity index (χ4v) is 2.68. The number of likely N-dealkylation sites (N-methyl/N-ethyl adjacent to an activating group) is 1. The van der Waals surface area contributed by atoms with Gasteiger partial charge in [-0.2, -0.15) is 0 Å². The van der Waals surface area contributed by atoms with E-state index in [9.17, 15) is 14.4 Å². The third kappa shape index (κ3) is 3.49. The van der Waals surface area contributed by atoms with Crippen LogP contribution < -0.4 is 0 Å². The van der Waals surface area contributed by atoms with E-state index in [1.165, 1.54) is 0 Å². The van der Waals surface area contributed by atoms with Crippen molar-refractivity contribution in [3.63, 3.8) is 0 Å². The van der Waals surface area contributed by atoms with Gasteiger partial charge in [0.15, 0.2) is 0 Å². The first kappa shape index (κ1) is 14.8. The number of carboxylic acids is 1. The average molecular weight is 282 g/mol. The highest BCUT2D eigenvalue weighted by Gasteiger charge is 2.41. The molecule has 0 radical (unpaired) electrons. The van der Waals surface area contributed by atoms with E-state index < -0.39 is 5.97 Å². The first-order valence-corrected chi connectivity index (χ1v) is 7.28. The first-order valence-electron chi connectivity index (χ1n) is 7.28. The number of carbonyl (C=O) groups excluding carboxylic acids is 2. The summed E-state index contributed by atoms with van der Waals surface area (Å²) in [7, 11) is 1.68. The van der Waals surface area contributed by atoms with Gasteiger partial charge in [0.05, 0.1) is 0 Å². The zero-order valence-electron chi connectivity index (χ0n) is 11.9. The molecule has 2 fully saturated rings. The molecule has 0 spiro atoms. The average Bonchev–Trinajstić information content (AvgIpc) is 3.13. The van der Waals surface area contributed by atoms with Crippen molar-refractivity contribution >= 4 is 17.8 Å². The van der Waals surface area contributed by atoms with Crippen LogP contribution in [0.4, 0.5) is 0 Å². The predicted molar refractivity (Wildman–Crippen MR) is 72.0 cm³/mol. The van der Waals surface area contributed by atoms with E-state index in [1.807, 2.05) is 0 Å². The number of amides is 2. The van der Waals surface area contributed by atoms with Gasteiger partial charge in [0.25, 0.3) is 0 Å². The fraction of sp³-hybridized carbons (Fsp3) is 0.786. The lowest BCUT2D eigenvalue weighted by molar-refractivity contribution is -0.144. The molecule has 20 heavy (non-hydrogen) atoms. The monoisotopic (exact) mass is 282 g/mol. The van der Waals surface area contributed by atoms with Gasteiger partial charge in [0, 0.05) is 32.5 Å². The molecule has 0 aromatic carbocycles. The van der Waals surface area contributed by atoms with E-state index >= 15 is 0 Å². The van der Waals surface area contributed by atoms with Gasteiger partial charge >= 0.3 is 5.97 Å². The van der Waals surface area contributed by atoms with Crippen LogP contribution in [0.25, 0.3) is 0 Å². The van der Waals surface area contributed by atoms with E-state index in [1.54, 1.807) is 16.8 Å². The second-order valence-corrected chi connectivity index (χ2v) is 5.72. The molecule has 2 aliphatic rings. The summed E-state index contributed by atoms with van der Waals surface area (Å²) in [6.45, 7) is 1.10. The summed E-state index contributed by atoms with van der Waals surface area (Å²) < 4.78 is 0. The summed E-state index contributed by atoms with van der Waals surface area (Å²) in [6, 6.07) is -0.335. The highest BCUT2D eigenvalue weighted by atomic mass is 16.4. The van der Waals surface area contributed by atoms with E-state index in [0.717, 1.165) is 25.7 Å². The van der Waals surface area contributed by atoms with Gasteiger partial charge in [-0.05, 0) is 32.1 Å². The molecule has 1 heterocycles. The maximum atomic E-state index is 12.4. The predicted octanol–water partition coefficient (Wildman–Crippen LogP) is 0.711. The van der Waals surface area contributed by atoms with E-state index in [4.69, 9.17) is 5.11 Å². The van der Waals surface area contributed by atoms with Crippen molar-refractivity contribution in [1.82, 2.24) is 9.80 Å². The molecule has 0 aromatic rings. The lowest BCUT2D eigenvalue weighted by atomic mass is 10.1. The summed E-state index contributed by atoms with van der Waals surface area (Å²) in [5.41, 5.74) is 0. The number of hydrogen-bond acceptors (Lipinski definition) is 3. The Labute approximate surface area is 118 Å². The van der Waals surface area contributed by atoms with Crippen LogP contribution in [-0.4, -0.2) is 58.9 Å². The molecular weight excluding hydrogens is 260 g/mol. The largest absolute Gasteiger partial charge is 0.481 e. The molecule has 6 nitrogen and oxygen atoms in total. The molecule has 0 aromatic heterocycles. The zero-order valence-corrected chi connectivity index (χ0v) is 11.9. The lowest BCUT2D eigenvalue weighted by Crippen LogP contribution is -2.47. The Morgan fingerprint density at radius 2 is 1.95 bits per heavy atom. The van der Waals surface area contributed by atoms with Gasteiger partial charge in [-0.3, -0.25) is 14.4 Å². The quantitative estimate of drug-likeness (QED) is 0.778. The Morgan fingerprint density at radius 3 is 2.55 bits per heavy atom. The second-order valence-electron chi connectivity index (χ2n) is 5.72. The van der Waals surface area contributed by atoms with Gasteiger partial charge in [0.2, 0.25) is 11.8 Å². The number of nitrogens with zero attached hydrogens (tertiary/aromatic N) is 2. The lowest BCUT2D eigenvalue weighted by Gasteiger charge is -2.28. The molecule has 1 unspecified atom stereocenters. The van der Waals surface area contributed by atoms with Crippen LogP contribution in [0.1, 0.15) is 38.5 Å². The van der Waals surface area contributed by atoms with Crippen molar-refractivity contribution < 1.29 is 19.5 Å². The molecule has 1 N–H and O–H groups in total. The van der Waals surface area contributed by atoms with Crippen molar-refractivity contribution in [2.45, 2.75) is 44.6 Å². The van der Waals surface area contributed by atoms with Crippen LogP contribution in [0.15, 0.2) is 0 Å². The van der Waals surface area contributed by atoms with Crippen LogP contribution in [0.3, 0.4) is 0 Å². The Kier molecular flexibility index (Phi) is 4.62. The minimum atomic E-state index is -0.850. The summed E-state index contributed by atoms with van der Waals surface area (Å²) in [5, 5.41) is 8.60. The molecule has 1 aliphatic heterocycles. The van der Waals surface area contributed by atoms with Crippen LogP contribution >= 0.6 is 0 Å². The first-order chi connectivity index (χ1) is 9.50. The van der Waals surface area contributed by atoms with Gasteiger partial charge in [-0.1, -0.05) is 0 Å². The third-order valence-electron chi connectivity index (χ3n) is 4.01. The summed E-state index contributed by atoms with van der Waals surface area (Å²) in [5.74, 6) is -0.639. The van der Waals surface area contributed by atoms with Gasteiger partial charge in [0.1, 0.15) is 6.04 Å². The molecule has 1 saturated carbocycles. The Balaban J connectivity index is 1.86. The zero-order chi connectivity index (χ0) is 14.7. The Bertz CT molecular complexity index is 406. The van der Waals surface area contributed by atoms with Crippen molar-refractivity contribution in [3.8, 4) is 0 Å². The summed E-state index contributed by atoms with van der Waals surface area (Å²) in [4.78, 5) is 38.3. The van der Waals surface area contributed by atoms with Crippen LogP contribution in [0.2, 0.25) is 0 Å². The van der Waals surface area contributed by atoms with Gasteiger partial charge < -0.3 is 14.9 Å². The van der Waals surface area contributed by atoms with Crippen molar-refractivity contribution in [3.05, 3.63) is 0 Å². The van der Waals surface area contributed by atoms with Crippen LogP contribution in [0, 0.1) is 5.92 Å². The highest BCUT2D eigenvalue weighted by molar-refractivity contribution is 5.89. The standard InChI is InChI=1S/C14H22N2O4/c1-15(8-3-5-12(17)18)14(20)11-4-2-9-16(11)13(19)10-6-7-10/h10-11H,2-9H2,1H3,(H,17,18). The maximum Gasteiger partial charge on any atom is 0.303 e. The fourth-order valence-electron chi connectivity index (χ4n) is 2.68. The smallest absolute Gasteiger partial charge is 0.303 e. The molecule has 112 valence electrons. The SMILES string of the molecule is CN(CCCC(=O)O)C(=O)C1CCCN1C(=O)C1CC1. The molecule has 2 amide bonds. The van der Waals surface area contributed by atoms with E-state index in [2.05, 4.69) is 0 Å². The van der Waals surface area contributed by atoms with E-state index in [0.29, 0.717) is 19.5 Å². The molecule has 1 atom stereocenters. The maximum absolute atomic E-state index is 12.4. The number of rotatable bonds is 6. The van der Waals surface area contributed by atoms with Gasteiger partial charge in [-0.25, -0.2) is 0 Å². The molecule has 1 saturated heterocycles. The molecule has 2 rings (SSSR count). The number of likely N-dealkylation sites (tertiary alicyclic amines) is 1.